The zero-order valence-electron chi connectivity index (χ0n) is 8.92. The normalized spacial score (nSPS) is 10.8. The lowest BCUT2D eigenvalue weighted by molar-refractivity contribution is -0.176. The van der Waals surface area contributed by atoms with Crippen molar-refractivity contribution in [2.24, 2.45) is 0 Å². The Morgan fingerprint density at radius 1 is 1.18 bits per heavy atom. The van der Waals surface area contributed by atoms with Crippen molar-refractivity contribution < 1.29 is 23.0 Å². The number of aliphatic hydroxyl groups excluding tert-OH is 1. The smallest absolute Gasteiger partial charge is 0.384 e. The molecule has 0 aromatic heterocycles. The van der Waals surface area contributed by atoms with E-state index in [-0.39, 0.29) is 13.2 Å². The summed E-state index contributed by atoms with van der Waals surface area (Å²) in [5.74, 6) is 5.15. The fourth-order valence-electron chi connectivity index (χ4n) is 1.11. The third kappa shape index (κ3) is 5.95. The van der Waals surface area contributed by atoms with E-state index in [0.29, 0.717) is 11.1 Å². The molecule has 0 bridgehead atoms. The Morgan fingerprint density at radius 3 is 2.35 bits per heavy atom. The highest BCUT2D eigenvalue weighted by atomic mass is 19.4. The molecular formula is C12H11F3O2. The van der Waals surface area contributed by atoms with Gasteiger partial charge in [-0.3, -0.25) is 0 Å². The lowest BCUT2D eigenvalue weighted by Gasteiger charge is -2.07. The average molecular weight is 244 g/mol. The molecule has 0 unspecified atom stereocenters. The fraction of sp³-hybridized carbons (Fsp3) is 0.333. The van der Waals surface area contributed by atoms with Gasteiger partial charge in [0, 0.05) is 5.56 Å². The monoisotopic (exact) mass is 244 g/mol. The Hall–Kier alpha value is -1.51. The van der Waals surface area contributed by atoms with Gasteiger partial charge in [0.05, 0.1) is 6.61 Å². The van der Waals surface area contributed by atoms with Crippen LogP contribution in [0.15, 0.2) is 24.3 Å². The maximum Gasteiger partial charge on any atom is 0.411 e. The molecule has 5 heteroatoms. The third-order valence-corrected chi connectivity index (χ3v) is 1.80. The predicted octanol–water partition coefficient (Wildman–Crippen LogP) is 2.11. The van der Waals surface area contributed by atoms with Gasteiger partial charge in [-0.1, -0.05) is 24.0 Å². The lowest BCUT2D eigenvalue weighted by atomic mass is 10.1. The van der Waals surface area contributed by atoms with Crippen LogP contribution in [-0.2, 0) is 11.3 Å². The number of benzene rings is 1. The summed E-state index contributed by atoms with van der Waals surface area (Å²) in [6.07, 6.45) is -4.30. The molecule has 0 amide bonds. The van der Waals surface area contributed by atoms with Crippen LogP contribution in [0.3, 0.4) is 0 Å². The number of hydrogen-bond donors (Lipinski definition) is 1. The van der Waals surface area contributed by atoms with Crippen molar-refractivity contribution in [3.05, 3.63) is 35.4 Å². The van der Waals surface area contributed by atoms with Crippen molar-refractivity contribution in [3.63, 3.8) is 0 Å². The summed E-state index contributed by atoms with van der Waals surface area (Å²) < 4.78 is 39.9. The van der Waals surface area contributed by atoms with Gasteiger partial charge >= 0.3 is 6.18 Å². The number of rotatable bonds is 3. The van der Waals surface area contributed by atoms with Crippen LogP contribution in [-0.4, -0.2) is 24.5 Å². The Kier molecular flexibility index (Phi) is 5.01. The number of halogens is 3. The van der Waals surface area contributed by atoms with E-state index in [1.807, 2.05) is 0 Å². The summed E-state index contributed by atoms with van der Waals surface area (Å²) in [4.78, 5) is 0. The van der Waals surface area contributed by atoms with Gasteiger partial charge in [0.25, 0.3) is 0 Å². The second-order valence-corrected chi connectivity index (χ2v) is 3.26. The highest BCUT2D eigenvalue weighted by Crippen LogP contribution is 2.15. The van der Waals surface area contributed by atoms with Crippen LogP contribution in [0.2, 0.25) is 0 Å². The Labute approximate surface area is 97.0 Å². The standard InChI is InChI=1S/C12H11F3O2/c13-12(14,15)9-17-8-11-5-3-10(4-6-11)2-1-7-16/h3-6,16H,7-9H2. The van der Waals surface area contributed by atoms with E-state index >= 15 is 0 Å². The number of aliphatic hydroxyl groups is 1. The van der Waals surface area contributed by atoms with Gasteiger partial charge in [-0.25, -0.2) is 0 Å². The zero-order chi connectivity index (χ0) is 12.7. The minimum atomic E-state index is -4.30. The molecule has 1 aromatic rings. The largest absolute Gasteiger partial charge is 0.411 e. The van der Waals surface area contributed by atoms with Gasteiger partial charge < -0.3 is 9.84 Å². The zero-order valence-corrected chi connectivity index (χ0v) is 8.92. The summed E-state index contributed by atoms with van der Waals surface area (Å²) in [6.45, 7) is -1.57. The molecule has 0 fully saturated rings. The molecule has 17 heavy (non-hydrogen) atoms. The number of ether oxygens (including phenoxy) is 1. The fourth-order valence-corrected chi connectivity index (χ4v) is 1.11. The summed E-state index contributed by atoms with van der Waals surface area (Å²) in [6, 6.07) is 6.60. The van der Waals surface area contributed by atoms with Gasteiger partial charge in [0.15, 0.2) is 0 Å². The van der Waals surface area contributed by atoms with E-state index in [1.165, 1.54) is 0 Å². The molecule has 0 saturated carbocycles. The van der Waals surface area contributed by atoms with Crippen LogP contribution in [0.25, 0.3) is 0 Å². The first-order valence-corrected chi connectivity index (χ1v) is 4.84. The molecule has 0 aliphatic rings. The maximum atomic E-state index is 11.8. The van der Waals surface area contributed by atoms with E-state index in [1.54, 1.807) is 24.3 Å². The van der Waals surface area contributed by atoms with Crippen LogP contribution in [0, 0.1) is 11.8 Å². The molecule has 1 rings (SSSR count). The first-order valence-electron chi connectivity index (χ1n) is 4.84. The highest BCUT2D eigenvalue weighted by Gasteiger charge is 2.27. The number of alkyl halides is 3. The van der Waals surface area contributed by atoms with Crippen molar-refractivity contribution in [1.29, 1.82) is 0 Å². The molecule has 0 aliphatic heterocycles. The van der Waals surface area contributed by atoms with Crippen molar-refractivity contribution in [1.82, 2.24) is 0 Å². The summed E-state index contributed by atoms with van der Waals surface area (Å²) >= 11 is 0. The minimum Gasteiger partial charge on any atom is -0.384 e. The van der Waals surface area contributed by atoms with Crippen molar-refractivity contribution in [2.75, 3.05) is 13.2 Å². The molecule has 1 N–H and O–H groups in total. The van der Waals surface area contributed by atoms with Crippen LogP contribution in [0.1, 0.15) is 11.1 Å². The number of hydrogen-bond acceptors (Lipinski definition) is 2. The summed E-state index contributed by atoms with van der Waals surface area (Å²) in [5.41, 5.74) is 1.34. The van der Waals surface area contributed by atoms with Gasteiger partial charge in [-0.15, -0.1) is 0 Å². The second-order valence-electron chi connectivity index (χ2n) is 3.26. The Balaban J connectivity index is 2.46. The van der Waals surface area contributed by atoms with Crippen LogP contribution in [0.5, 0.6) is 0 Å². The van der Waals surface area contributed by atoms with Crippen molar-refractivity contribution in [2.45, 2.75) is 12.8 Å². The van der Waals surface area contributed by atoms with E-state index in [0.717, 1.165) is 0 Å². The van der Waals surface area contributed by atoms with E-state index in [9.17, 15) is 13.2 Å². The highest BCUT2D eigenvalue weighted by molar-refractivity contribution is 5.35. The molecule has 2 nitrogen and oxygen atoms in total. The van der Waals surface area contributed by atoms with E-state index in [4.69, 9.17) is 5.11 Å². The molecule has 1 aromatic carbocycles. The molecule has 0 radical (unpaired) electrons. The van der Waals surface area contributed by atoms with E-state index < -0.39 is 12.8 Å². The van der Waals surface area contributed by atoms with Gasteiger partial charge in [-0.05, 0) is 17.7 Å². The third-order valence-electron chi connectivity index (χ3n) is 1.80. The maximum absolute atomic E-state index is 11.8. The SMILES string of the molecule is OCC#Cc1ccc(COCC(F)(F)F)cc1. The lowest BCUT2D eigenvalue weighted by Crippen LogP contribution is -2.16. The Bertz CT molecular complexity index is 398. The summed E-state index contributed by atoms with van der Waals surface area (Å²) in [7, 11) is 0. The average Bonchev–Trinajstić information content (AvgIpc) is 2.26. The second kappa shape index (κ2) is 6.28. The van der Waals surface area contributed by atoms with Gasteiger partial charge in [-0.2, -0.15) is 13.2 Å². The molecule has 0 heterocycles. The quantitative estimate of drug-likeness (QED) is 0.825. The minimum absolute atomic E-state index is 0.0901. The van der Waals surface area contributed by atoms with Crippen LogP contribution >= 0.6 is 0 Å². The molecular weight excluding hydrogens is 233 g/mol. The van der Waals surface area contributed by atoms with Gasteiger partial charge in [0.1, 0.15) is 13.2 Å². The Morgan fingerprint density at radius 2 is 1.82 bits per heavy atom. The topological polar surface area (TPSA) is 29.5 Å². The van der Waals surface area contributed by atoms with Crippen LogP contribution in [0.4, 0.5) is 13.2 Å². The molecule has 0 aliphatic carbocycles. The van der Waals surface area contributed by atoms with Gasteiger partial charge in [0.2, 0.25) is 0 Å². The van der Waals surface area contributed by atoms with Crippen molar-refractivity contribution in [3.8, 4) is 11.8 Å². The first-order chi connectivity index (χ1) is 8.01. The van der Waals surface area contributed by atoms with Crippen molar-refractivity contribution >= 4 is 0 Å². The predicted molar refractivity (Wildman–Crippen MR) is 56.1 cm³/mol. The molecule has 0 spiro atoms. The molecule has 0 saturated heterocycles. The first kappa shape index (κ1) is 13.6. The van der Waals surface area contributed by atoms with E-state index in [2.05, 4.69) is 16.6 Å². The van der Waals surface area contributed by atoms with Crippen LogP contribution < -0.4 is 0 Å². The molecule has 92 valence electrons. The molecule has 0 atom stereocenters. The summed E-state index contributed by atoms with van der Waals surface area (Å²) in [5, 5.41) is 8.47.